The van der Waals surface area contributed by atoms with Crippen LogP contribution in [0, 0.1) is 0 Å². The molecule has 3 aromatic carbocycles. The van der Waals surface area contributed by atoms with Crippen LogP contribution in [0.2, 0.25) is 0 Å². The number of rotatable bonds is 5. The number of anilines is 1. The molecule has 0 aliphatic rings. The van der Waals surface area contributed by atoms with Gasteiger partial charge in [0.05, 0.1) is 11.9 Å². The van der Waals surface area contributed by atoms with Crippen molar-refractivity contribution in [2.24, 2.45) is 5.10 Å². The third-order valence-electron chi connectivity index (χ3n) is 3.45. The molecule has 0 atom stereocenters. The highest BCUT2D eigenvalue weighted by Crippen LogP contribution is 2.19. The van der Waals surface area contributed by atoms with Gasteiger partial charge in [-0.3, -0.25) is 5.43 Å². The second-order valence-electron chi connectivity index (χ2n) is 5.10. The van der Waals surface area contributed by atoms with Crippen LogP contribution in [0.25, 0.3) is 0 Å². The summed E-state index contributed by atoms with van der Waals surface area (Å²) in [5, 5.41) is 4.34. The Morgan fingerprint density at radius 2 is 1.36 bits per heavy atom. The van der Waals surface area contributed by atoms with Crippen LogP contribution in [-0.2, 0) is 6.42 Å². The van der Waals surface area contributed by atoms with Gasteiger partial charge in [-0.2, -0.15) is 5.10 Å². The molecular weight excluding hydrogens is 268 g/mol. The summed E-state index contributed by atoms with van der Waals surface area (Å²) < 4.78 is 0. The maximum Gasteiger partial charge on any atom is 0.0597 e. The molecule has 0 bridgehead atoms. The number of benzene rings is 3. The van der Waals surface area contributed by atoms with Gasteiger partial charge >= 0.3 is 0 Å². The van der Waals surface area contributed by atoms with Crippen molar-refractivity contribution in [1.29, 1.82) is 0 Å². The number of nitrogens with zero attached hydrogens (tertiary/aromatic N) is 1. The molecule has 3 rings (SSSR count). The Morgan fingerprint density at radius 1 is 0.727 bits per heavy atom. The molecule has 0 saturated carbocycles. The van der Waals surface area contributed by atoms with Gasteiger partial charge in [-0.15, -0.1) is 0 Å². The van der Waals surface area contributed by atoms with Crippen molar-refractivity contribution in [2.75, 3.05) is 5.43 Å². The summed E-state index contributed by atoms with van der Waals surface area (Å²) in [5.74, 6) is 0. The summed E-state index contributed by atoms with van der Waals surface area (Å²) >= 11 is 0. The summed E-state index contributed by atoms with van der Waals surface area (Å²) in [6.07, 6.45) is 2.73. The lowest BCUT2D eigenvalue weighted by Gasteiger charge is -2.08. The van der Waals surface area contributed by atoms with Crippen LogP contribution in [-0.4, -0.2) is 6.21 Å². The minimum atomic E-state index is 0.894. The van der Waals surface area contributed by atoms with Crippen LogP contribution in [0.15, 0.2) is 90.0 Å². The van der Waals surface area contributed by atoms with Crippen LogP contribution >= 0.6 is 0 Å². The summed E-state index contributed by atoms with van der Waals surface area (Å²) in [6.45, 7) is 0. The molecule has 1 N–H and O–H groups in total. The normalized spacial score (nSPS) is 10.7. The van der Waals surface area contributed by atoms with Crippen molar-refractivity contribution in [3.05, 3.63) is 102 Å². The molecule has 0 fully saturated rings. The molecule has 0 aromatic heterocycles. The molecule has 0 saturated heterocycles. The van der Waals surface area contributed by atoms with Gasteiger partial charge in [0.25, 0.3) is 0 Å². The summed E-state index contributed by atoms with van der Waals surface area (Å²) in [5.41, 5.74) is 7.80. The summed E-state index contributed by atoms with van der Waals surface area (Å²) in [4.78, 5) is 0. The average Bonchev–Trinajstić information content (AvgIpc) is 2.58. The lowest BCUT2D eigenvalue weighted by molar-refractivity contribution is 1.17. The minimum absolute atomic E-state index is 0.894. The second-order valence-corrected chi connectivity index (χ2v) is 5.10. The van der Waals surface area contributed by atoms with E-state index < -0.39 is 0 Å². The number of hydrogen-bond acceptors (Lipinski definition) is 2. The fraction of sp³-hybridized carbons (Fsp3) is 0.0500. The molecule has 0 spiro atoms. The van der Waals surface area contributed by atoms with Gasteiger partial charge in [0.2, 0.25) is 0 Å². The van der Waals surface area contributed by atoms with E-state index in [1.807, 2.05) is 48.7 Å². The van der Waals surface area contributed by atoms with Crippen molar-refractivity contribution in [2.45, 2.75) is 6.42 Å². The van der Waals surface area contributed by atoms with Crippen molar-refractivity contribution >= 4 is 11.9 Å². The van der Waals surface area contributed by atoms with E-state index >= 15 is 0 Å². The molecule has 22 heavy (non-hydrogen) atoms. The van der Waals surface area contributed by atoms with Gasteiger partial charge in [-0.1, -0.05) is 78.9 Å². The zero-order chi connectivity index (χ0) is 15.0. The molecular formula is C20H18N2. The fourth-order valence-electron chi connectivity index (χ4n) is 2.31. The average molecular weight is 286 g/mol. The lowest BCUT2D eigenvalue weighted by Crippen LogP contribution is -1.97. The van der Waals surface area contributed by atoms with Crippen LogP contribution in [0.3, 0.4) is 0 Å². The van der Waals surface area contributed by atoms with Crippen LogP contribution in [0.4, 0.5) is 5.69 Å². The van der Waals surface area contributed by atoms with Gasteiger partial charge < -0.3 is 0 Å². The minimum Gasteiger partial charge on any atom is -0.278 e. The number of para-hydroxylation sites is 1. The van der Waals surface area contributed by atoms with Gasteiger partial charge in [0.15, 0.2) is 0 Å². The maximum atomic E-state index is 4.34. The number of nitrogens with one attached hydrogen (secondary N) is 1. The van der Waals surface area contributed by atoms with Crippen LogP contribution in [0.1, 0.15) is 16.7 Å². The van der Waals surface area contributed by atoms with Crippen molar-refractivity contribution < 1.29 is 0 Å². The van der Waals surface area contributed by atoms with E-state index in [1.54, 1.807) is 0 Å². The Labute approximate surface area is 131 Å². The van der Waals surface area contributed by atoms with E-state index in [1.165, 1.54) is 11.1 Å². The van der Waals surface area contributed by atoms with E-state index in [9.17, 15) is 0 Å². The molecule has 0 heterocycles. The first kappa shape index (κ1) is 14.1. The first-order valence-corrected chi connectivity index (χ1v) is 7.38. The first-order valence-electron chi connectivity index (χ1n) is 7.38. The van der Waals surface area contributed by atoms with Crippen LogP contribution < -0.4 is 5.43 Å². The van der Waals surface area contributed by atoms with E-state index in [0.29, 0.717) is 0 Å². The Bertz CT molecular complexity index is 734. The third kappa shape index (κ3) is 3.83. The molecule has 108 valence electrons. The first-order chi connectivity index (χ1) is 10.9. The Hall–Kier alpha value is -2.87. The number of hydrogen-bond donors (Lipinski definition) is 1. The Morgan fingerprint density at radius 3 is 2.14 bits per heavy atom. The predicted octanol–water partition coefficient (Wildman–Crippen LogP) is 4.72. The lowest BCUT2D eigenvalue weighted by atomic mass is 10.0. The summed E-state index contributed by atoms with van der Waals surface area (Å²) in [7, 11) is 0. The molecule has 0 aliphatic carbocycles. The standard InChI is InChI=1S/C20H18N2/c1-3-9-17(10-4-1)15-19-13-7-8-14-20(19)22-21-16-18-11-5-2-6-12-18/h1-14,16,22H,15H2. The SMILES string of the molecule is C(=NNc1ccccc1Cc1ccccc1)c1ccccc1. The molecule has 2 heteroatoms. The number of hydrazone groups is 1. The summed E-state index contributed by atoms with van der Waals surface area (Å²) in [6, 6.07) is 28.8. The Kier molecular flexibility index (Phi) is 4.63. The smallest absolute Gasteiger partial charge is 0.0597 e. The quantitative estimate of drug-likeness (QED) is 0.532. The molecule has 0 radical (unpaired) electrons. The molecule has 0 aliphatic heterocycles. The van der Waals surface area contributed by atoms with Gasteiger partial charge in [-0.05, 0) is 29.2 Å². The topological polar surface area (TPSA) is 24.4 Å². The molecule has 0 amide bonds. The molecule has 2 nitrogen and oxygen atoms in total. The zero-order valence-corrected chi connectivity index (χ0v) is 12.3. The van der Waals surface area contributed by atoms with Crippen molar-refractivity contribution in [1.82, 2.24) is 0 Å². The largest absolute Gasteiger partial charge is 0.278 e. The second kappa shape index (κ2) is 7.23. The van der Waals surface area contributed by atoms with E-state index in [0.717, 1.165) is 17.7 Å². The predicted molar refractivity (Wildman–Crippen MR) is 93.3 cm³/mol. The van der Waals surface area contributed by atoms with Gasteiger partial charge in [0, 0.05) is 0 Å². The highest BCUT2D eigenvalue weighted by Gasteiger charge is 2.01. The van der Waals surface area contributed by atoms with E-state index in [2.05, 4.69) is 53.0 Å². The van der Waals surface area contributed by atoms with Gasteiger partial charge in [-0.25, -0.2) is 0 Å². The van der Waals surface area contributed by atoms with E-state index in [4.69, 9.17) is 0 Å². The highest BCUT2D eigenvalue weighted by atomic mass is 15.3. The zero-order valence-electron chi connectivity index (χ0n) is 12.3. The van der Waals surface area contributed by atoms with Crippen LogP contribution in [0.5, 0.6) is 0 Å². The maximum absolute atomic E-state index is 4.34. The van der Waals surface area contributed by atoms with Crippen molar-refractivity contribution in [3.8, 4) is 0 Å². The van der Waals surface area contributed by atoms with Gasteiger partial charge in [0.1, 0.15) is 0 Å². The monoisotopic (exact) mass is 286 g/mol. The molecule has 3 aromatic rings. The van der Waals surface area contributed by atoms with E-state index in [-0.39, 0.29) is 0 Å². The Balaban J connectivity index is 1.73. The van der Waals surface area contributed by atoms with Crippen molar-refractivity contribution in [3.63, 3.8) is 0 Å². The molecule has 0 unspecified atom stereocenters. The highest BCUT2D eigenvalue weighted by molar-refractivity contribution is 5.80. The third-order valence-corrected chi connectivity index (χ3v) is 3.45. The fourth-order valence-corrected chi connectivity index (χ4v) is 2.31.